The Bertz CT molecular complexity index is 441. The monoisotopic (exact) mass is 248 g/mol. The van der Waals surface area contributed by atoms with Crippen molar-refractivity contribution < 1.29 is 4.79 Å². The van der Waals surface area contributed by atoms with Crippen LogP contribution in [0.4, 0.5) is 0 Å². The number of hydrogen-bond donors (Lipinski definition) is 1. The van der Waals surface area contributed by atoms with Crippen molar-refractivity contribution in [3.05, 3.63) is 23.3 Å². The van der Waals surface area contributed by atoms with E-state index in [0.29, 0.717) is 11.5 Å². The number of carbonyl (C=O) groups is 1. The second kappa shape index (κ2) is 5.44. The van der Waals surface area contributed by atoms with Crippen LogP contribution in [0.3, 0.4) is 0 Å². The minimum atomic E-state index is -0.484. The summed E-state index contributed by atoms with van der Waals surface area (Å²) in [6.45, 7) is 6.03. The lowest BCUT2D eigenvalue weighted by Gasteiger charge is -2.31. The molecule has 2 rings (SSSR count). The van der Waals surface area contributed by atoms with Crippen molar-refractivity contribution in [2.75, 3.05) is 13.1 Å². The number of rotatable bonds is 3. The summed E-state index contributed by atoms with van der Waals surface area (Å²) in [7, 11) is 0. The number of aryl methyl sites for hydroxylation is 1. The molecule has 0 spiro atoms. The van der Waals surface area contributed by atoms with Gasteiger partial charge < -0.3 is 5.73 Å². The number of primary amides is 1. The largest absolute Gasteiger partial charge is 0.364 e. The molecule has 0 saturated carbocycles. The summed E-state index contributed by atoms with van der Waals surface area (Å²) >= 11 is 0. The predicted octanol–water partition coefficient (Wildman–Crippen LogP) is 1.43. The van der Waals surface area contributed by atoms with Crippen LogP contribution in [0, 0.1) is 6.92 Å². The first-order valence-electron chi connectivity index (χ1n) is 6.47. The van der Waals surface area contributed by atoms with Gasteiger partial charge in [0.2, 0.25) is 0 Å². The Balaban J connectivity index is 2.21. The molecule has 1 aliphatic heterocycles. The molecular formula is C13H20N4O. The van der Waals surface area contributed by atoms with Crippen LogP contribution >= 0.6 is 0 Å². The van der Waals surface area contributed by atoms with Gasteiger partial charge >= 0.3 is 0 Å². The zero-order valence-corrected chi connectivity index (χ0v) is 11.0. The van der Waals surface area contributed by atoms with Crippen LogP contribution in [-0.4, -0.2) is 33.9 Å². The zero-order chi connectivity index (χ0) is 13.1. The Morgan fingerprint density at radius 1 is 1.39 bits per heavy atom. The Morgan fingerprint density at radius 3 is 2.67 bits per heavy atom. The summed E-state index contributed by atoms with van der Waals surface area (Å²) in [6.07, 6.45) is 5.42. The van der Waals surface area contributed by atoms with Crippen LogP contribution in [0.5, 0.6) is 0 Å². The molecule has 1 aliphatic rings. The van der Waals surface area contributed by atoms with Gasteiger partial charge in [0.05, 0.1) is 6.04 Å². The fourth-order valence-corrected chi connectivity index (χ4v) is 2.38. The molecule has 1 saturated heterocycles. The number of nitrogens with zero attached hydrogens (tertiary/aromatic N) is 3. The fourth-order valence-electron chi connectivity index (χ4n) is 2.38. The average molecular weight is 248 g/mol. The van der Waals surface area contributed by atoms with E-state index in [2.05, 4.69) is 21.8 Å². The minimum absolute atomic E-state index is 0.143. The van der Waals surface area contributed by atoms with E-state index in [9.17, 15) is 4.79 Å². The number of amides is 1. The van der Waals surface area contributed by atoms with Crippen molar-refractivity contribution in [1.82, 2.24) is 14.9 Å². The maximum Gasteiger partial charge on any atom is 0.267 e. The van der Waals surface area contributed by atoms with Crippen LogP contribution in [0.1, 0.15) is 54.1 Å². The molecule has 0 aromatic carbocycles. The Morgan fingerprint density at radius 2 is 2.06 bits per heavy atom. The lowest BCUT2D eigenvalue weighted by atomic mass is 10.1. The first-order valence-corrected chi connectivity index (χ1v) is 6.47. The molecule has 1 aromatic heterocycles. The van der Waals surface area contributed by atoms with E-state index < -0.39 is 5.91 Å². The van der Waals surface area contributed by atoms with Crippen LogP contribution in [0.2, 0.25) is 0 Å². The Kier molecular flexibility index (Phi) is 3.91. The summed E-state index contributed by atoms with van der Waals surface area (Å²) < 4.78 is 0. The summed E-state index contributed by atoms with van der Waals surface area (Å²) in [4.78, 5) is 22.3. The molecule has 2 heterocycles. The molecule has 5 nitrogen and oxygen atoms in total. The van der Waals surface area contributed by atoms with E-state index in [1.165, 1.54) is 19.3 Å². The van der Waals surface area contributed by atoms with Crippen molar-refractivity contribution in [2.24, 2.45) is 5.73 Å². The lowest BCUT2D eigenvalue weighted by Crippen LogP contribution is -2.33. The summed E-state index contributed by atoms with van der Waals surface area (Å²) in [5.74, 6) is 0.207. The highest BCUT2D eigenvalue weighted by Gasteiger charge is 2.21. The molecule has 18 heavy (non-hydrogen) atoms. The highest BCUT2D eigenvalue weighted by atomic mass is 16.1. The number of likely N-dealkylation sites (tertiary alicyclic amines) is 1. The molecular weight excluding hydrogens is 228 g/mol. The molecule has 5 heteroatoms. The number of aromatic nitrogens is 2. The maximum absolute atomic E-state index is 11.3. The maximum atomic E-state index is 11.3. The summed E-state index contributed by atoms with van der Waals surface area (Å²) in [6, 6.07) is 0.143. The van der Waals surface area contributed by atoms with Crippen molar-refractivity contribution in [3.63, 3.8) is 0 Å². The smallest absolute Gasteiger partial charge is 0.267 e. The Hall–Kier alpha value is -1.49. The van der Waals surface area contributed by atoms with Crippen LogP contribution in [0.25, 0.3) is 0 Å². The number of nitrogens with two attached hydrogens (primary N) is 1. The number of hydrogen-bond acceptors (Lipinski definition) is 4. The molecule has 1 amide bonds. The van der Waals surface area contributed by atoms with Crippen LogP contribution < -0.4 is 5.73 Å². The van der Waals surface area contributed by atoms with Gasteiger partial charge in [-0.1, -0.05) is 6.42 Å². The van der Waals surface area contributed by atoms with Crippen molar-refractivity contribution in [1.29, 1.82) is 0 Å². The van der Waals surface area contributed by atoms with E-state index in [1.54, 1.807) is 13.1 Å². The van der Waals surface area contributed by atoms with Gasteiger partial charge in [-0.15, -0.1) is 0 Å². The van der Waals surface area contributed by atoms with Gasteiger partial charge in [-0.05, 0) is 45.3 Å². The quantitative estimate of drug-likeness (QED) is 0.878. The fraction of sp³-hybridized carbons (Fsp3) is 0.615. The molecule has 2 N–H and O–H groups in total. The van der Waals surface area contributed by atoms with Gasteiger partial charge in [0, 0.05) is 6.20 Å². The summed E-state index contributed by atoms with van der Waals surface area (Å²) in [5.41, 5.74) is 6.39. The van der Waals surface area contributed by atoms with Gasteiger partial charge in [-0.25, -0.2) is 9.97 Å². The lowest BCUT2D eigenvalue weighted by molar-refractivity contribution is 0.0993. The highest BCUT2D eigenvalue weighted by Crippen LogP contribution is 2.21. The van der Waals surface area contributed by atoms with E-state index >= 15 is 0 Å². The third-order valence-electron chi connectivity index (χ3n) is 3.54. The number of carbonyl (C=O) groups excluding carboxylic acids is 1. The highest BCUT2D eigenvalue weighted by molar-refractivity contribution is 5.92. The van der Waals surface area contributed by atoms with E-state index in [-0.39, 0.29) is 6.04 Å². The first kappa shape index (κ1) is 13.0. The Labute approximate surface area is 107 Å². The molecule has 0 radical (unpaired) electrons. The molecule has 1 atom stereocenters. The first-order chi connectivity index (χ1) is 8.59. The van der Waals surface area contributed by atoms with Crippen molar-refractivity contribution in [3.8, 4) is 0 Å². The van der Waals surface area contributed by atoms with E-state index in [0.717, 1.165) is 18.7 Å². The van der Waals surface area contributed by atoms with Gasteiger partial charge in [-0.3, -0.25) is 9.69 Å². The zero-order valence-electron chi connectivity index (χ0n) is 11.0. The molecule has 1 aromatic rings. The van der Waals surface area contributed by atoms with Gasteiger partial charge in [0.1, 0.15) is 11.5 Å². The SMILES string of the molecule is Cc1cnc(C(C)N2CCCCC2)nc1C(N)=O. The van der Waals surface area contributed by atoms with E-state index in [4.69, 9.17) is 5.73 Å². The second-order valence-corrected chi connectivity index (χ2v) is 4.90. The second-order valence-electron chi connectivity index (χ2n) is 4.90. The van der Waals surface area contributed by atoms with Crippen LogP contribution in [0.15, 0.2) is 6.20 Å². The van der Waals surface area contributed by atoms with Crippen LogP contribution in [-0.2, 0) is 0 Å². The van der Waals surface area contributed by atoms with Gasteiger partial charge in [0.15, 0.2) is 0 Å². The molecule has 1 unspecified atom stereocenters. The molecule has 1 fully saturated rings. The summed E-state index contributed by atoms with van der Waals surface area (Å²) in [5, 5.41) is 0. The molecule has 0 bridgehead atoms. The molecule has 98 valence electrons. The minimum Gasteiger partial charge on any atom is -0.364 e. The van der Waals surface area contributed by atoms with E-state index in [1.807, 2.05) is 0 Å². The predicted molar refractivity (Wildman–Crippen MR) is 69.1 cm³/mol. The standard InChI is InChI=1S/C13H20N4O/c1-9-8-15-13(16-11(9)12(14)18)10(2)17-6-4-3-5-7-17/h8,10H,3-7H2,1-2H3,(H2,14,18). The van der Waals surface area contributed by atoms with Gasteiger partial charge in [0.25, 0.3) is 5.91 Å². The average Bonchev–Trinajstić information content (AvgIpc) is 2.39. The van der Waals surface area contributed by atoms with Gasteiger partial charge in [-0.2, -0.15) is 0 Å². The third kappa shape index (κ3) is 2.67. The topological polar surface area (TPSA) is 72.1 Å². The van der Waals surface area contributed by atoms with Crippen molar-refractivity contribution in [2.45, 2.75) is 39.2 Å². The number of piperidine rings is 1. The van der Waals surface area contributed by atoms with Crippen molar-refractivity contribution >= 4 is 5.91 Å². The third-order valence-corrected chi connectivity index (χ3v) is 3.54. The normalized spacial score (nSPS) is 18.6. The molecule has 0 aliphatic carbocycles.